The lowest BCUT2D eigenvalue weighted by atomic mass is 10.0. The lowest BCUT2D eigenvalue weighted by Gasteiger charge is -2.22. The molecule has 0 saturated heterocycles. The highest BCUT2D eigenvalue weighted by atomic mass is 31.2. The average Bonchev–Trinajstić information content (AvgIpc) is 3.25. The normalized spacial score (nSPS) is 13.0. The summed E-state index contributed by atoms with van der Waals surface area (Å²) in [6.07, 6.45) is 63.1. The summed E-state index contributed by atoms with van der Waals surface area (Å²) in [5.41, 5.74) is 0. The van der Waals surface area contributed by atoms with Crippen molar-refractivity contribution in [2.24, 2.45) is 0 Å². The minimum absolute atomic E-state index is 0.221. The van der Waals surface area contributed by atoms with E-state index < -0.39 is 26.6 Å². The number of aliphatic hydroxyl groups is 1. The van der Waals surface area contributed by atoms with Gasteiger partial charge in [-0.05, 0) is 19.3 Å². The van der Waals surface area contributed by atoms with Gasteiger partial charge in [0.05, 0.1) is 18.8 Å². The largest absolute Gasteiger partial charge is 0.469 e. The van der Waals surface area contributed by atoms with Crippen LogP contribution in [-0.4, -0.2) is 39.6 Å². The second-order valence-corrected chi connectivity index (χ2v) is 20.5. The maximum atomic E-state index is 12.6. The number of phosphoric acid groups is 1. The Bertz CT molecular complexity index is 973. The molecule has 0 radical (unpaired) electrons. The molecule has 0 aromatic heterocycles. The van der Waals surface area contributed by atoms with Crippen LogP contribution in [0.25, 0.3) is 0 Å². The quantitative estimate of drug-likeness (QED) is 0.0275. The van der Waals surface area contributed by atoms with Gasteiger partial charge in [-0.15, -0.1) is 0 Å². The highest BCUT2D eigenvalue weighted by Gasteiger charge is 2.24. The van der Waals surface area contributed by atoms with E-state index in [0.717, 1.165) is 38.5 Å². The average molecular weight is 898 g/mol. The summed E-state index contributed by atoms with van der Waals surface area (Å²) < 4.78 is 15.9. The summed E-state index contributed by atoms with van der Waals surface area (Å²) >= 11 is 0. The van der Waals surface area contributed by atoms with Gasteiger partial charge >= 0.3 is 7.82 Å². The van der Waals surface area contributed by atoms with Crippen LogP contribution < -0.4 is 5.32 Å². The minimum atomic E-state index is -4.71. The number of hydrogen-bond acceptors (Lipinski definition) is 4. The SMILES string of the molecule is CCCCCCCCCC/C=C/[C@@H](O)[C@H](COP(=O)(O)O)NC(=O)CCCCCCCCCCCCCCCCCCCCCCCCCCCCCCCCCCCCCC. The molecule has 1 amide bonds. The van der Waals surface area contributed by atoms with Crippen LogP contribution in [-0.2, 0) is 13.9 Å². The lowest BCUT2D eigenvalue weighted by Crippen LogP contribution is -2.45. The van der Waals surface area contributed by atoms with Gasteiger partial charge in [0.25, 0.3) is 0 Å². The number of aliphatic hydroxyl groups excluding tert-OH is 1. The standard InChI is InChI=1S/C54H108NO6P/c1-3-5-7-9-11-13-15-16-17-18-19-20-21-22-23-24-25-26-27-28-29-30-31-32-33-34-35-36-37-38-39-40-42-44-46-48-50-54(57)55-52(51-61-62(58,59)60)53(56)49-47-45-43-41-14-12-10-8-6-4-2/h47,49,52-53,56H,3-46,48,50-51H2,1-2H3,(H,55,57)(H2,58,59,60)/b49-47+/t52-,53+/m0/s1. The summed E-state index contributed by atoms with van der Waals surface area (Å²) in [5, 5.41) is 13.4. The second-order valence-electron chi connectivity index (χ2n) is 19.3. The Kier molecular flexibility index (Phi) is 49.1. The Labute approximate surface area is 386 Å². The van der Waals surface area contributed by atoms with Crippen molar-refractivity contribution in [3.63, 3.8) is 0 Å². The molecule has 0 bridgehead atoms. The van der Waals surface area contributed by atoms with Crippen LogP contribution in [0, 0.1) is 0 Å². The second kappa shape index (κ2) is 49.7. The molecule has 0 spiro atoms. The topological polar surface area (TPSA) is 116 Å². The van der Waals surface area contributed by atoms with E-state index >= 15 is 0 Å². The van der Waals surface area contributed by atoms with Gasteiger partial charge in [0, 0.05) is 6.42 Å². The Morgan fingerprint density at radius 1 is 0.452 bits per heavy atom. The van der Waals surface area contributed by atoms with Crippen molar-refractivity contribution >= 4 is 13.7 Å². The predicted octanol–water partition coefficient (Wildman–Crippen LogP) is 17.5. The smallest absolute Gasteiger partial charge is 0.387 e. The molecule has 4 N–H and O–H groups in total. The van der Waals surface area contributed by atoms with Gasteiger partial charge < -0.3 is 20.2 Å². The zero-order valence-corrected chi connectivity index (χ0v) is 42.5. The molecule has 7 nitrogen and oxygen atoms in total. The molecule has 0 unspecified atom stereocenters. The Balaban J connectivity index is 3.54. The number of unbranched alkanes of at least 4 members (excludes halogenated alkanes) is 43. The van der Waals surface area contributed by atoms with Crippen LogP contribution in [0.15, 0.2) is 12.2 Å². The molecule has 0 aliphatic carbocycles. The van der Waals surface area contributed by atoms with Crippen molar-refractivity contribution in [3.8, 4) is 0 Å². The van der Waals surface area contributed by atoms with Gasteiger partial charge in [0.15, 0.2) is 0 Å². The molecule has 62 heavy (non-hydrogen) atoms. The van der Waals surface area contributed by atoms with Gasteiger partial charge in [-0.3, -0.25) is 9.32 Å². The first-order valence-electron chi connectivity index (χ1n) is 27.6. The first-order valence-corrected chi connectivity index (χ1v) is 29.2. The molecule has 0 aromatic rings. The molecule has 0 aliphatic rings. The molecule has 370 valence electrons. The van der Waals surface area contributed by atoms with Crippen molar-refractivity contribution < 1.29 is 28.8 Å². The van der Waals surface area contributed by atoms with E-state index in [0.29, 0.717) is 6.42 Å². The zero-order valence-electron chi connectivity index (χ0n) is 41.6. The molecular formula is C54H108NO6P. The summed E-state index contributed by atoms with van der Waals surface area (Å²) in [4.78, 5) is 30.9. The third-order valence-electron chi connectivity index (χ3n) is 13.0. The third kappa shape index (κ3) is 50.3. The maximum Gasteiger partial charge on any atom is 0.469 e. The lowest BCUT2D eigenvalue weighted by molar-refractivity contribution is -0.123. The van der Waals surface area contributed by atoms with Crippen LogP contribution in [0.4, 0.5) is 0 Å². The molecule has 0 aliphatic heterocycles. The number of allylic oxidation sites excluding steroid dienone is 1. The summed E-state index contributed by atoms with van der Waals surface area (Å²) in [6.45, 7) is 4.08. The number of hydrogen-bond donors (Lipinski definition) is 4. The monoisotopic (exact) mass is 898 g/mol. The molecule has 0 heterocycles. The fourth-order valence-electron chi connectivity index (χ4n) is 8.82. The molecule has 0 saturated carbocycles. The van der Waals surface area contributed by atoms with E-state index in [1.807, 2.05) is 6.08 Å². The highest BCUT2D eigenvalue weighted by molar-refractivity contribution is 7.46. The van der Waals surface area contributed by atoms with Gasteiger partial charge in [-0.25, -0.2) is 4.57 Å². The molecule has 0 aromatic carbocycles. The van der Waals surface area contributed by atoms with Gasteiger partial charge in [0.2, 0.25) is 5.91 Å². The number of nitrogens with one attached hydrogen (secondary N) is 1. The first kappa shape index (κ1) is 61.3. The molecule has 8 heteroatoms. The van der Waals surface area contributed by atoms with Crippen molar-refractivity contribution in [1.82, 2.24) is 5.32 Å². The maximum absolute atomic E-state index is 12.6. The third-order valence-corrected chi connectivity index (χ3v) is 13.5. The van der Waals surface area contributed by atoms with Gasteiger partial charge in [-0.2, -0.15) is 0 Å². The van der Waals surface area contributed by atoms with Crippen molar-refractivity contribution in [2.75, 3.05) is 6.61 Å². The number of carbonyl (C=O) groups is 1. The molecule has 0 rings (SSSR count). The van der Waals surface area contributed by atoms with Crippen LogP contribution in [0.2, 0.25) is 0 Å². The number of rotatable bonds is 52. The summed E-state index contributed by atoms with van der Waals surface area (Å²) in [5.74, 6) is -0.221. The molecule has 2 atom stereocenters. The fraction of sp³-hybridized carbons (Fsp3) is 0.944. The van der Waals surface area contributed by atoms with E-state index in [-0.39, 0.29) is 5.91 Å². The minimum Gasteiger partial charge on any atom is -0.387 e. The van der Waals surface area contributed by atoms with Crippen molar-refractivity contribution in [2.45, 2.75) is 321 Å². The van der Waals surface area contributed by atoms with Crippen LogP contribution in [0.5, 0.6) is 0 Å². The predicted molar refractivity (Wildman–Crippen MR) is 269 cm³/mol. The summed E-state index contributed by atoms with van der Waals surface area (Å²) in [6, 6.07) is -0.905. The zero-order chi connectivity index (χ0) is 45.3. The van der Waals surface area contributed by atoms with Gasteiger partial charge in [-0.1, -0.05) is 296 Å². The number of amides is 1. The van der Waals surface area contributed by atoms with E-state index in [1.165, 1.54) is 250 Å². The van der Waals surface area contributed by atoms with E-state index in [4.69, 9.17) is 9.79 Å². The molecular weight excluding hydrogens is 790 g/mol. The Hall–Kier alpha value is -0.720. The van der Waals surface area contributed by atoms with Crippen LogP contribution >= 0.6 is 7.82 Å². The fourth-order valence-corrected chi connectivity index (χ4v) is 9.17. The molecule has 0 fully saturated rings. The van der Waals surface area contributed by atoms with Crippen molar-refractivity contribution in [3.05, 3.63) is 12.2 Å². The Morgan fingerprint density at radius 3 is 0.984 bits per heavy atom. The van der Waals surface area contributed by atoms with E-state index in [9.17, 15) is 14.5 Å². The van der Waals surface area contributed by atoms with E-state index in [2.05, 4.69) is 23.7 Å². The first-order chi connectivity index (χ1) is 30.3. The van der Waals surface area contributed by atoms with Crippen LogP contribution in [0.1, 0.15) is 309 Å². The summed E-state index contributed by atoms with van der Waals surface area (Å²) in [7, 11) is -4.71. The number of carbonyl (C=O) groups excluding carboxylic acids is 1. The van der Waals surface area contributed by atoms with E-state index in [1.54, 1.807) is 6.08 Å². The van der Waals surface area contributed by atoms with Crippen molar-refractivity contribution in [1.29, 1.82) is 0 Å². The number of phosphoric ester groups is 1. The van der Waals surface area contributed by atoms with Crippen LogP contribution in [0.3, 0.4) is 0 Å². The van der Waals surface area contributed by atoms with Gasteiger partial charge in [0.1, 0.15) is 0 Å². The Morgan fingerprint density at radius 2 is 0.710 bits per heavy atom. The highest BCUT2D eigenvalue weighted by Crippen LogP contribution is 2.36.